The van der Waals surface area contributed by atoms with Crippen molar-refractivity contribution in [2.24, 2.45) is 5.73 Å². The number of aromatic amines is 1. The molecule has 1 saturated heterocycles. The molecule has 0 amide bonds. The van der Waals surface area contributed by atoms with Crippen molar-refractivity contribution in [2.45, 2.75) is 36.8 Å². The number of rotatable bonds is 2. The zero-order valence-corrected chi connectivity index (χ0v) is 14.4. The second-order valence-corrected chi connectivity index (χ2v) is 9.04. The quantitative estimate of drug-likeness (QED) is 0.762. The zero-order valence-electron chi connectivity index (χ0n) is 13.6. The summed E-state index contributed by atoms with van der Waals surface area (Å²) in [5, 5.41) is 5.34. The first-order valence-electron chi connectivity index (χ1n) is 8.13. The SMILES string of the molecule is NC1CC(N2Cc3cn[nH]c3C2)CS(=O)(=O)C1c1cc(F)cc(F)c1F. The summed E-state index contributed by atoms with van der Waals surface area (Å²) in [6.07, 6.45) is 1.97. The van der Waals surface area contributed by atoms with Crippen molar-refractivity contribution in [3.8, 4) is 0 Å². The molecule has 1 fully saturated rings. The number of hydrogen-bond donors (Lipinski definition) is 2. The van der Waals surface area contributed by atoms with E-state index in [9.17, 15) is 21.6 Å². The van der Waals surface area contributed by atoms with Gasteiger partial charge in [-0.1, -0.05) is 0 Å². The van der Waals surface area contributed by atoms with Gasteiger partial charge in [0, 0.05) is 42.4 Å². The molecule has 3 atom stereocenters. The number of sulfone groups is 1. The first kappa shape index (κ1) is 17.5. The zero-order chi connectivity index (χ0) is 18.6. The van der Waals surface area contributed by atoms with Gasteiger partial charge >= 0.3 is 0 Å². The lowest BCUT2D eigenvalue weighted by atomic mass is 9.98. The van der Waals surface area contributed by atoms with Crippen LogP contribution in [0.5, 0.6) is 0 Å². The molecular formula is C16H17F3N4O2S. The molecule has 0 spiro atoms. The molecule has 26 heavy (non-hydrogen) atoms. The minimum Gasteiger partial charge on any atom is -0.326 e. The third-order valence-electron chi connectivity index (χ3n) is 5.13. The number of nitrogens with one attached hydrogen (secondary N) is 1. The fraction of sp³-hybridized carbons (Fsp3) is 0.438. The maximum Gasteiger partial charge on any atom is 0.163 e. The van der Waals surface area contributed by atoms with Crippen LogP contribution in [0.15, 0.2) is 18.3 Å². The monoisotopic (exact) mass is 386 g/mol. The Morgan fingerprint density at radius 3 is 2.69 bits per heavy atom. The van der Waals surface area contributed by atoms with Gasteiger partial charge in [-0.15, -0.1) is 0 Å². The van der Waals surface area contributed by atoms with E-state index in [-0.39, 0.29) is 18.2 Å². The minimum atomic E-state index is -3.90. The average Bonchev–Trinajstić information content (AvgIpc) is 3.11. The molecule has 3 heterocycles. The number of H-pyrrole nitrogens is 1. The molecule has 2 aromatic rings. The van der Waals surface area contributed by atoms with Crippen LogP contribution in [0, 0.1) is 17.5 Å². The summed E-state index contributed by atoms with van der Waals surface area (Å²) in [6.45, 7) is 1.07. The predicted molar refractivity (Wildman–Crippen MR) is 87.1 cm³/mol. The van der Waals surface area contributed by atoms with Crippen molar-refractivity contribution in [3.05, 3.63) is 52.6 Å². The lowest BCUT2D eigenvalue weighted by Crippen LogP contribution is -2.51. The molecule has 4 rings (SSSR count). The van der Waals surface area contributed by atoms with Crippen LogP contribution < -0.4 is 5.73 Å². The lowest BCUT2D eigenvalue weighted by molar-refractivity contribution is 0.186. The highest BCUT2D eigenvalue weighted by atomic mass is 32.2. The van der Waals surface area contributed by atoms with Gasteiger partial charge in [0.25, 0.3) is 0 Å². The van der Waals surface area contributed by atoms with Crippen LogP contribution in [0.2, 0.25) is 0 Å². The summed E-state index contributed by atoms with van der Waals surface area (Å²) in [5.74, 6) is -4.07. The normalized spacial score (nSPS) is 28.2. The van der Waals surface area contributed by atoms with Crippen LogP contribution in [0.1, 0.15) is 28.5 Å². The van der Waals surface area contributed by atoms with Gasteiger partial charge in [0.05, 0.1) is 17.6 Å². The maximum absolute atomic E-state index is 14.1. The molecule has 0 bridgehead atoms. The van der Waals surface area contributed by atoms with Gasteiger partial charge in [0.15, 0.2) is 21.5 Å². The molecule has 0 saturated carbocycles. The standard InChI is InChI=1S/C16H17F3N4O2S/c17-9-1-11(15(19)12(18)2-9)16-13(20)3-10(7-26(16,24)25)23-5-8-4-21-22-14(8)6-23/h1-2,4,10,13,16H,3,5-7,20H2,(H,21,22). The molecule has 1 aromatic carbocycles. The largest absolute Gasteiger partial charge is 0.326 e. The Kier molecular flexibility index (Phi) is 4.08. The van der Waals surface area contributed by atoms with Crippen LogP contribution in [0.4, 0.5) is 13.2 Å². The molecule has 140 valence electrons. The van der Waals surface area contributed by atoms with Crippen molar-refractivity contribution >= 4 is 9.84 Å². The Hall–Kier alpha value is -1.91. The van der Waals surface area contributed by atoms with Crippen LogP contribution in [0.3, 0.4) is 0 Å². The van der Waals surface area contributed by atoms with Gasteiger partial charge in [0.1, 0.15) is 11.1 Å². The minimum absolute atomic E-state index is 0.249. The highest BCUT2D eigenvalue weighted by molar-refractivity contribution is 7.91. The lowest BCUT2D eigenvalue weighted by Gasteiger charge is -2.38. The summed E-state index contributed by atoms with van der Waals surface area (Å²) in [6, 6.07) is -0.220. The Morgan fingerprint density at radius 2 is 2.00 bits per heavy atom. The third-order valence-corrected chi connectivity index (χ3v) is 7.36. The first-order valence-corrected chi connectivity index (χ1v) is 9.84. The van der Waals surface area contributed by atoms with E-state index in [0.717, 1.165) is 11.3 Å². The summed E-state index contributed by atoms with van der Waals surface area (Å²) in [5.41, 5.74) is 7.44. The highest BCUT2D eigenvalue weighted by Gasteiger charge is 2.45. The number of aromatic nitrogens is 2. The van der Waals surface area contributed by atoms with E-state index in [2.05, 4.69) is 10.2 Å². The highest BCUT2D eigenvalue weighted by Crippen LogP contribution is 2.38. The molecular weight excluding hydrogens is 369 g/mol. The number of hydrogen-bond acceptors (Lipinski definition) is 5. The fourth-order valence-electron chi connectivity index (χ4n) is 3.95. The Labute approximate surface area is 148 Å². The first-order chi connectivity index (χ1) is 12.3. The van der Waals surface area contributed by atoms with Gasteiger partial charge in [-0.05, 0) is 12.5 Å². The maximum atomic E-state index is 14.1. The summed E-state index contributed by atoms with van der Waals surface area (Å²) in [4.78, 5) is 1.97. The van der Waals surface area contributed by atoms with Crippen molar-refractivity contribution in [1.82, 2.24) is 15.1 Å². The van der Waals surface area contributed by atoms with Crippen LogP contribution in [-0.4, -0.2) is 41.4 Å². The third kappa shape index (κ3) is 2.81. The van der Waals surface area contributed by atoms with Crippen LogP contribution in [-0.2, 0) is 22.9 Å². The summed E-state index contributed by atoms with van der Waals surface area (Å²) < 4.78 is 66.8. The topological polar surface area (TPSA) is 92.1 Å². The summed E-state index contributed by atoms with van der Waals surface area (Å²) >= 11 is 0. The van der Waals surface area contributed by atoms with Gasteiger partial charge < -0.3 is 5.73 Å². The van der Waals surface area contributed by atoms with Gasteiger partial charge in [0.2, 0.25) is 0 Å². The van der Waals surface area contributed by atoms with Gasteiger partial charge in [-0.25, -0.2) is 21.6 Å². The molecule has 3 unspecified atom stereocenters. The Balaban J connectivity index is 1.62. The van der Waals surface area contributed by atoms with E-state index < -0.39 is 44.1 Å². The van der Waals surface area contributed by atoms with E-state index in [0.29, 0.717) is 25.2 Å². The van der Waals surface area contributed by atoms with Crippen molar-refractivity contribution in [2.75, 3.05) is 5.75 Å². The Morgan fingerprint density at radius 1 is 1.23 bits per heavy atom. The Bertz CT molecular complexity index is 942. The van der Waals surface area contributed by atoms with Gasteiger partial charge in [-0.3, -0.25) is 10.00 Å². The van der Waals surface area contributed by atoms with Crippen LogP contribution in [0.25, 0.3) is 0 Å². The van der Waals surface area contributed by atoms with E-state index in [1.165, 1.54) is 0 Å². The average molecular weight is 386 g/mol. The fourth-order valence-corrected chi connectivity index (χ4v) is 6.25. The molecule has 6 nitrogen and oxygen atoms in total. The number of nitrogens with zero attached hydrogens (tertiary/aromatic N) is 2. The number of fused-ring (bicyclic) bond motifs is 1. The molecule has 1 aromatic heterocycles. The van der Waals surface area contributed by atoms with Crippen molar-refractivity contribution in [3.63, 3.8) is 0 Å². The van der Waals surface area contributed by atoms with E-state index in [1.54, 1.807) is 6.20 Å². The second-order valence-electron chi connectivity index (χ2n) is 6.87. The summed E-state index contributed by atoms with van der Waals surface area (Å²) in [7, 11) is -3.90. The van der Waals surface area contributed by atoms with Crippen molar-refractivity contribution in [1.29, 1.82) is 0 Å². The molecule has 2 aliphatic heterocycles. The second kappa shape index (κ2) is 6.07. The van der Waals surface area contributed by atoms with E-state index >= 15 is 0 Å². The number of halogens is 3. The molecule has 0 radical (unpaired) electrons. The molecule has 10 heteroatoms. The predicted octanol–water partition coefficient (Wildman–Crippen LogP) is 1.40. The molecule has 0 aliphatic carbocycles. The van der Waals surface area contributed by atoms with Crippen LogP contribution >= 0.6 is 0 Å². The number of nitrogens with two attached hydrogens (primary N) is 1. The van der Waals surface area contributed by atoms with E-state index in [1.807, 2.05) is 4.90 Å². The van der Waals surface area contributed by atoms with Crippen molar-refractivity contribution < 1.29 is 21.6 Å². The number of benzene rings is 1. The molecule has 3 N–H and O–H groups in total. The smallest absolute Gasteiger partial charge is 0.163 e. The molecule has 2 aliphatic rings. The van der Waals surface area contributed by atoms with E-state index in [4.69, 9.17) is 5.73 Å². The van der Waals surface area contributed by atoms with Gasteiger partial charge in [-0.2, -0.15) is 5.10 Å².